The topological polar surface area (TPSA) is 54.0 Å². The molecule has 1 fully saturated rings. The van der Waals surface area contributed by atoms with E-state index in [-0.39, 0.29) is 6.10 Å². The van der Waals surface area contributed by atoms with Crippen molar-refractivity contribution in [1.82, 2.24) is 5.32 Å². The van der Waals surface area contributed by atoms with E-state index in [1.807, 2.05) is 12.1 Å². The molecule has 3 rings (SSSR count). The smallest absolute Gasteiger partial charge is 0.184 e. The van der Waals surface area contributed by atoms with Crippen LogP contribution in [0.2, 0.25) is 0 Å². The summed E-state index contributed by atoms with van der Waals surface area (Å²) in [7, 11) is 0. The second-order valence-electron chi connectivity index (χ2n) is 5.05. The number of benzene rings is 1. The van der Waals surface area contributed by atoms with E-state index >= 15 is 0 Å². The summed E-state index contributed by atoms with van der Waals surface area (Å²) in [6, 6.07) is 5.94. The van der Waals surface area contributed by atoms with E-state index in [0.29, 0.717) is 6.61 Å². The minimum Gasteiger partial charge on any atom is -0.484 e. The Hall–Kier alpha value is -1.46. The van der Waals surface area contributed by atoms with Gasteiger partial charge in [0.15, 0.2) is 17.6 Å². The fourth-order valence-corrected chi connectivity index (χ4v) is 2.50. The summed E-state index contributed by atoms with van der Waals surface area (Å²) in [5, 5.41) is 12.9. The molecule has 0 amide bonds. The van der Waals surface area contributed by atoms with Crippen molar-refractivity contribution in [3.63, 3.8) is 0 Å². The van der Waals surface area contributed by atoms with E-state index in [0.717, 1.165) is 43.4 Å². The van der Waals surface area contributed by atoms with Crippen molar-refractivity contribution in [2.24, 2.45) is 0 Å². The summed E-state index contributed by atoms with van der Waals surface area (Å²) in [5.74, 6) is 1.54. The highest BCUT2D eigenvalue weighted by molar-refractivity contribution is 5.65. The molecule has 19 heavy (non-hydrogen) atoms. The molecule has 0 aliphatic carbocycles. The molecular formula is C14H20N2O3. The van der Waals surface area contributed by atoms with Crippen molar-refractivity contribution in [3.8, 4) is 11.5 Å². The number of aliphatic hydroxyl groups is 1. The first-order valence-corrected chi connectivity index (χ1v) is 6.82. The van der Waals surface area contributed by atoms with Crippen LogP contribution < -0.4 is 19.7 Å². The molecule has 2 atom stereocenters. The van der Waals surface area contributed by atoms with E-state index in [2.05, 4.69) is 16.3 Å². The van der Waals surface area contributed by atoms with Crippen molar-refractivity contribution < 1.29 is 14.6 Å². The zero-order valence-electron chi connectivity index (χ0n) is 11.1. The third-order valence-electron chi connectivity index (χ3n) is 3.62. The molecule has 0 spiro atoms. The predicted molar refractivity (Wildman–Crippen MR) is 73.1 cm³/mol. The van der Waals surface area contributed by atoms with Gasteiger partial charge in [0.1, 0.15) is 6.61 Å². The Morgan fingerprint density at radius 3 is 2.89 bits per heavy atom. The average molecular weight is 264 g/mol. The summed E-state index contributed by atoms with van der Waals surface area (Å²) in [5.41, 5.74) is 1.09. The number of nitrogens with zero attached hydrogens (tertiary/aromatic N) is 1. The summed E-state index contributed by atoms with van der Waals surface area (Å²) in [6.07, 6.45) is -0.818. The maximum atomic E-state index is 9.60. The summed E-state index contributed by atoms with van der Waals surface area (Å²) in [4.78, 5) is 2.31. The van der Waals surface area contributed by atoms with Crippen LogP contribution in [0.1, 0.15) is 6.92 Å². The summed E-state index contributed by atoms with van der Waals surface area (Å²) >= 11 is 0. The fourth-order valence-electron chi connectivity index (χ4n) is 2.50. The number of ether oxygens (including phenoxy) is 2. The molecule has 0 saturated carbocycles. The van der Waals surface area contributed by atoms with Gasteiger partial charge in [-0.05, 0) is 19.1 Å². The van der Waals surface area contributed by atoms with Gasteiger partial charge in [-0.2, -0.15) is 0 Å². The fraction of sp³-hybridized carbons (Fsp3) is 0.571. The first-order valence-electron chi connectivity index (χ1n) is 6.82. The average Bonchev–Trinajstić information content (AvgIpc) is 2.47. The van der Waals surface area contributed by atoms with Crippen LogP contribution in [-0.4, -0.2) is 50.1 Å². The van der Waals surface area contributed by atoms with Crippen LogP contribution in [0.15, 0.2) is 18.2 Å². The molecule has 104 valence electrons. The molecular weight excluding hydrogens is 244 g/mol. The number of para-hydroxylation sites is 1. The Balaban J connectivity index is 1.86. The van der Waals surface area contributed by atoms with Crippen molar-refractivity contribution in [3.05, 3.63) is 18.2 Å². The lowest BCUT2D eigenvalue weighted by atomic mass is 10.1. The lowest BCUT2D eigenvalue weighted by molar-refractivity contribution is -0.000566. The molecule has 0 aromatic heterocycles. The summed E-state index contributed by atoms with van der Waals surface area (Å²) in [6.45, 7) is 6.04. The molecule has 2 N–H and O–H groups in total. The van der Waals surface area contributed by atoms with Gasteiger partial charge in [-0.3, -0.25) is 0 Å². The van der Waals surface area contributed by atoms with Crippen LogP contribution in [0.5, 0.6) is 11.5 Å². The number of rotatable bonds is 2. The second-order valence-corrected chi connectivity index (χ2v) is 5.05. The van der Waals surface area contributed by atoms with Gasteiger partial charge in [0.2, 0.25) is 0 Å². The number of piperazine rings is 1. The van der Waals surface area contributed by atoms with Crippen molar-refractivity contribution in [1.29, 1.82) is 0 Å². The highest BCUT2D eigenvalue weighted by atomic mass is 16.6. The van der Waals surface area contributed by atoms with Gasteiger partial charge in [-0.15, -0.1) is 0 Å². The van der Waals surface area contributed by atoms with Gasteiger partial charge in [-0.25, -0.2) is 0 Å². The van der Waals surface area contributed by atoms with Gasteiger partial charge in [0.25, 0.3) is 0 Å². The molecule has 2 aliphatic heterocycles. The van der Waals surface area contributed by atoms with Gasteiger partial charge < -0.3 is 24.8 Å². The Morgan fingerprint density at radius 1 is 1.37 bits per heavy atom. The second kappa shape index (κ2) is 5.27. The molecule has 5 heteroatoms. The Kier molecular flexibility index (Phi) is 3.48. The minimum absolute atomic E-state index is 0.286. The highest BCUT2D eigenvalue weighted by Crippen LogP contribution is 2.40. The third kappa shape index (κ3) is 2.48. The molecule has 2 unspecified atom stereocenters. The van der Waals surface area contributed by atoms with Crippen molar-refractivity contribution in [2.75, 3.05) is 37.7 Å². The number of nitrogens with one attached hydrogen (secondary N) is 1. The zero-order chi connectivity index (χ0) is 13.2. The Labute approximate surface area is 113 Å². The van der Waals surface area contributed by atoms with E-state index in [1.165, 1.54) is 0 Å². The van der Waals surface area contributed by atoms with E-state index in [1.54, 1.807) is 6.92 Å². The minimum atomic E-state index is -0.531. The number of fused-ring (bicyclic) bond motifs is 1. The normalized spacial score (nSPS) is 24.1. The van der Waals surface area contributed by atoms with Crippen LogP contribution in [-0.2, 0) is 0 Å². The van der Waals surface area contributed by atoms with Gasteiger partial charge in [0.05, 0.1) is 11.8 Å². The molecule has 1 saturated heterocycles. The summed E-state index contributed by atoms with van der Waals surface area (Å²) < 4.78 is 11.6. The monoisotopic (exact) mass is 264 g/mol. The molecule has 1 aromatic rings. The van der Waals surface area contributed by atoms with Crippen molar-refractivity contribution in [2.45, 2.75) is 19.1 Å². The Morgan fingerprint density at radius 2 is 2.16 bits per heavy atom. The molecule has 2 heterocycles. The number of hydrogen-bond acceptors (Lipinski definition) is 5. The standard InChI is InChI=1S/C14H20N2O3/c1-10(17)13-9-18-14-11(3-2-4-12(14)19-13)16-7-5-15-6-8-16/h2-4,10,13,15,17H,5-9H2,1H3. The number of hydrogen-bond donors (Lipinski definition) is 2. The van der Waals surface area contributed by atoms with E-state index in [9.17, 15) is 5.11 Å². The van der Waals surface area contributed by atoms with Gasteiger partial charge in [-0.1, -0.05) is 6.07 Å². The lowest BCUT2D eigenvalue weighted by Crippen LogP contribution is -2.44. The third-order valence-corrected chi connectivity index (χ3v) is 3.62. The molecule has 5 nitrogen and oxygen atoms in total. The quantitative estimate of drug-likeness (QED) is 0.820. The molecule has 1 aromatic carbocycles. The zero-order valence-corrected chi connectivity index (χ0v) is 11.1. The maximum absolute atomic E-state index is 9.60. The van der Waals surface area contributed by atoms with Crippen LogP contribution in [0, 0.1) is 0 Å². The first kappa shape index (κ1) is 12.6. The van der Waals surface area contributed by atoms with Crippen LogP contribution in [0.4, 0.5) is 5.69 Å². The lowest BCUT2D eigenvalue weighted by Gasteiger charge is -2.34. The number of aliphatic hydroxyl groups excluding tert-OH is 1. The first-order chi connectivity index (χ1) is 9.25. The molecule has 0 bridgehead atoms. The predicted octanol–water partition coefficient (Wildman–Crippen LogP) is 0.617. The largest absolute Gasteiger partial charge is 0.484 e. The van der Waals surface area contributed by atoms with E-state index in [4.69, 9.17) is 9.47 Å². The molecule has 0 radical (unpaired) electrons. The van der Waals surface area contributed by atoms with Crippen LogP contribution >= 0.6 is 0 Å². The SMILES string of the molecule is CC(O)C1COc2c(cccc2N2CCNCC2)O1. The molecule has 2 aliphatic rings. The highest BCUT2D eigenvalue weighted by Gasteiger charge is 2.28. The van der Waals surface area contributed by atoms with Crippen LogP contribution in [0.25, 0.3) is 0 Å². The maximum Gasteiger partial charge on any atom is 0.184 e. The Bertz CT molecular complexity index is 444. The van der Waals surface area contributed by atoms with Crippen LogP contribution in [0.3, 0.4) is 0 Å². The number of anilines is 1. The van der Waals surface area contributed by atoms with Gasteiger partial charge >= 0.3 is 0 Å². The van der Waals surface area contributed by atoms with Crippen molar-refractivity contribution >= 4 is 5.69 Å². The van der Waals surface area contributed by atoms with E-state index < -0.39 is 6.10 Å². The van der Waals surface area contributed by atoms with Gasteiger partial charge in [0, 0.05) is 26.2 Å².